The van der Waals surface area contributed by atoms with Crippen LogP contribution in [0.1, 0.15) is 33.6 Å². The molecule has 0 aromatic heterocycles. The Morgan fingerprint density at radius 2 is 2.07 bits per heavy atom. The number of hydrogen-bond donors (Lipinski definition) is 1. The normalized spacial score (nSPS) is 12.1. The van der Waals surface area contributed by atoms with E-state index in [1.807, 2.05) is 6.08 Å². The topological polar surface area (TPSA) is 29.3 Å². The third kappa shape index (κ3) is 6.17. The first-order chi connectivity index (χ1) is 6.55. The van der Waals surface area contributed by atoms with Crippen molar-refractivity contribution in [3.8, 4) is 0 Å². The zero-order valence-corrected chi connectivity index (χ0v) is 10.1. The number of rotatable bonds is 8. The fraction of sp³-hybridized carbons (Fsp3) is 0.833. The fourth-order valence-corrected chi connectivity index (χ4v) is 1.48. The number of allylic oxidation sites excluding steroid dienone is 1. The Labute approximate surface area is 89.2 Å². The van der Waals surface area contributed by atoms with E-state index in [0.29, 0.717) is 0 Å². The van der Waals surface area contributed by atoms with E-state index in [0.717, 1.165) is 32.6 Å². The van der Waals surface area contributed by atoms with Crippen LogP contribution >= 0.6 is 0 Å². The van der Waals surface area contributed by atoms with Crippen molar-refractivity contribution in [2.75, 3.05) is 26.2 Å². The monoisotopic (exact) mass is 198 g/mol. The molecule has 0 spiro atoms. The lowest BCUT2D eigenvalue weighted by Gasteiger charge is -2.30. The molecule has 2 heteroatoms. The van der Waals surface area contributed by atoms with Crippen molar-refractivity contribution < 1.29 is 0 Å². The van der Waals surface area contributed by atoms with Crippen LogP contribution in [0.4, 0.5) is 0 Å². The van der Waals surface area contributed by atoms with Gasteiger partial charge < -0.3 is 10.6 Å². The molecule has 84 valence electrons. The molecule has 0 rings (SSSR count). The van der Waals surface area contributed by atoms with E-state index in [-0.39, 0.29) is 5.41 Å². The van der Waals surface area contributed by atoms with Crippen LogP contribution in [-0.4, -0.2) is 31.1 Å². The molecule has 0 aromatic carbocycles. The molecule has 0 atom stereocenters. The van der Waals surface area contributed by atoms with Gasteiger partial charge >= 0.3 is 0 Å². The number of hydrogen-bond acceptors (Lipinski definition) is 2. The van der Waals surface area contributed by atoms with Gasteiger partial charge in [0.25, 0.3) is 0 Å². The minimum atomic E-state index is 0.240. The van der Waals surface area contributed by atoms with E-state index in [4.69, 9.17) is 5.73 Å². The minimum Gasteiger partial charge on any atom is -0.330 e. The highest BCUT2D eigenvalue weighted by Crippen LogP contribution is 2.14. The second-order valence-corrected chi connectivity index (χ2v) is 4.67. The average molecular weight is 198 g/mol. The van der Waals surface area contributed by atoms with Crippen molar-refractivity contribution in [2.24, 2.45) is 11.1 Å². The Kier molecular flexibility index (Phi) is 6.85. The lowest BCUT2D eigenvalue weighted by Crippen LogP contribution is -2.39. The van der Waals surface area contributed by atoms with Crippen molar-refractivity contribution in [1.29, 1.82) is 0 Å². The molecule has 14 heavy (non-hydrogen) atoms. The molecule has 0 bridgehead atoms. The van der Waals surface area contributed by atoms with Crippen LogP contribution < -0.4 is 5.73 Å². The Bertz CT molecular complexity index is 152. The number of nitrogens with two attached hydrogens (primary N) is 1. The van der Waals surface area contributed by atoms with E-state index >= 15 is 0 Å². The van der Waals surface area contributed by atoms with Gasteiger partial charge in [0.15, 0.2) is 0 Å². The van der Waals surface area contributed by atoms with E-state index in [2.05, 4.69) is 32.3 Å². The van der Waals surface area contributed by atoms with E-state index in [1.165, 1.54) is 6.42 Å². The summed E-state index contributed by atoms with van der Waals surface area (Å²) in [6.45, 7) is 14.5. The van der Waals surface area contributed by atoms with Gasteiger partial charge in [-0.05, 0) is 37.9 Å². The van der Waals surface area contributed by atoms with Crippen molar-refractivity contribution in [2.45, 2.75) is 33.6 Å². The molecule has 0 heterocycles. The Morgan fingerprint density at radius 3 is 2.50 bits per heavy atom. The molecule has 0 unspecified atom stereocenters. The summed E-state index contributed by atoms with van der Waals surface area (Å²) in [5, 5.41) is 0. The quantitative estimate of drug-likeness (QED) is 0.479. The maximum absolute atomic E-state index is 5.72. The Morgan fingerprint density at radius 1 is 1.43 bits per heavy atom. The summed E-state index contributed by atoms with van der Waals surface area (Å²) in [6, 6.07) is 0. The highest BCUT2D eigenvalue weighted by Gasteiger charge is 2.18. The van der Waals surface area contributed by atoms with Gasteiger partial charge in [-0.25, -0.2) is 0 Å². The van der Waals surface area contributed by atoms with Gasteiger partial charge in [0.1, 0.15) is 0 Å². The smallest absolute Gasteiger partial charge is 0.00446 e. The Balaban J connectivity index is 3.83. The first-order valence-corrected chi connectivity index (χ1v) is 5.59. The second kappa shape index (κ2) is 7.02. The number of unbranched alkanes of at least 4 members (excludes halogenated alkanes) is 1. The van der Waals surface area contributed by atoms with Gasteiger partial charge in [-0.3, -0.25) is 0 Å². The highest BCUT2D eigenvalue weighted by atomic mass is 15.1. The molecular formula is C12H26N2. The predicted octanol–water partition coefficient (Wildman–Crippen LogP) is 2.26. The van der Waals surface area contributed by atoms with Crippen LogP contribution in [0, 0.1) is 5.41 Å². The van der Waals surface area contributed by atoms with Crippen molar-refractivity contribution in [3.05, 3.63) is 12.7 Å². The summed E-state index contributed by atoms with van der Waals surface area (Å²) >= 11 is 0. The molecule has 2 N–H and O–H groups in total. The lowest BCUT2D eigenvalue weighted by atomic mass is 9.93. The van der Waals surface area contributed by atoms with Gasteiger partial charge in [0.05, 0.1) is 0 Å². The van der Waals surface area contributed by atoms with E-state index in [1.54, 1.807) is 0 Å². The maximum atomic E-state index is 5.72. The largest absolute Gasteiger partial charge is 0.330 e. The summed E-state index contributed by atoms with van der Waals surface area (Å²) in [5.74, 6) is 0. The number of nitrogens with zero attached hydrogens (tertiary/aromatic N) is 1. The van der Waals surface area contributed by atoms with Gasteiger partial charge in [0, 0.05) is 6.54 Å². The molecule has 0 saturated carbocycles. The van der Waals surface area contributed by atoms with Gasteiger partial charge in [0.2, 0.25) is 0 Å². The van der Waals surface area contributed by atoms with Gasteiger partial charge in [-0.2, -0.15) is 0 Å². The standard InChI is InChI=1S/C12H26N2/c1-5-7-8-9-14(6-2)11-12(3,4)10-13/h5H,1,6-11,13H2,2-4H3. The Hall–Kier alpha value is -0.340. The molecule has 0 aliphatic carbocycles. The zero-order chi connectivity index (χ0) is 11.0. The van der Waals surface area contributed by atoms with Crippen LogP contribution in [0.3, 0.4) is 0 Å². The van der Waals surface area contributed by atoms with Crippen molar-refractivity contribution >= 4 is 0 Å². The summed E-state index contributed by atoms with van der Waals surface area (Å²) in [7, 11) is 0. The van der Waals surface area contributed by atoms with E-state index in [9.17, 15) is 0 Å². The summed E-state index contributed by atoms with van der Waals surface area (Å²) in [4.78, 5) is 2.47. The first-order valence-electron chi connectivity index (χ1n) is 5.59. The lowest BCUT2D eigenvalue weighted by molar-refractivity contribution is 0.189. The van der Waals surface area contributed by atoms with Crippen molar-refractivity contribution in [1.82, 2.24) is 4.90 Å². The van der Waals surface area contributed by atoms with Gasteiger partial charge in [-0.1, -0.05) is 26.8 Å². The van der Waals surface area contributed by atoms with Crippen LogP contribution in [-0.2, 0) is 0 Å². The third-order valence-electron chi connectivity index (χ3n) is 2.53. The first kappa shape index (κ1) is 13.7. The zero-order valence-electron chi connectivity index (χ0n) is 10.1. The maximum Gasteiger partial charge on any atom is 0.00446 e. The molecule has 0 aliphatic heterocycles. The molecule has 0 amide bonds. The van der Waals surface area contributed by atoms with Crippen molar-refractivity contribution in [3.63, 3.8) is 0 Å². The van der Waals surface area contributed by atoms with E-state index < -0.39 is 0 Å². The summed E-state index contributed by atoms with van der Waals surface area (Å²) < 4.78 is 0. The van der Waals surface area contributed by atoms with Crippen LogP contribution in [0.25, 0.3) is 0 Å². The molecule has 0 fully saturated rings. The molecule has 0 aromatic rings. The van der Waals surface area contributed by atoms with Crippen LogP contribution in [0.5, 0.6) is 0 Å². The molecule has 2 nitrogen and oxygen atoms in total. The highest BCUT2D eigenvalue weighted by molar-refractivity contribution is 4.75. The fourth-order valence-electron chi connectivity index (χ4n) is 1.48. The van der Waals surface area contributed by atoms with Crippen LogP contribution in [0.2, 0.25) is 0 Å². The molecule has 0 saturated heterocycles. The SMILES string of the molecule is C=CCCCN(CC)CC(C)(C)CN. The van der Waals surface area contributed by atoms with Gasteiger partial charge in [-0.15, -0.1) is 6.58 Å². The average Bonchev–Trinajstić information content (AvgIpc) is 2.16. The minimum absolute atomic E-state index is 0.240. The summed E-state index contributed by atoms with van der Waals surface area (Å²) in [5.41, 5.74) is 5.96. The molecule has 0 aliphatic rings. The second-order valence-electron chi connectivity index (χ2n) is 4.67. The summed E-state index contributed by atoms with van der Waals surface area (Å²) in [6.07, 6.45) is 4.31. The molecule has 0 radical (unpaired) electrons. The molecular weight excluding hydrogens is 172 g/mol. The third-order valence-corrected chi connectivity index (χ3v) is 2.53. The predicted molar refractivity (Wildman–Crippen MR) is 64.4 cm³/mol. The van der Waals surface area contributed by atoms with Crippen LogP contribution in [0.15, 0.2) is 12.7 Å².